The van der Waals surface area contributed by atoms with Crippen LogP contribution in [0.1, 0.15) is 39.5 Å². The van der Waals surface area contributed by atoms with Crippen molar-refractivity contribution in [2.24, 2.45) is 5.41 Å². The van der Waals surface area contributed by atoms with Crippen molar-refractivity contribution in [2.75, 3.05) is 11.5 Å². The predicted molar refractivity (Wildman–Crippen MR) is 75.8 cm³/mol. The SMILES string of the molecule is CC(C)(C(=O)OC1CCCCC12SCCS2)C(F)(F)F. The molecule has 116 valence electrons. The number of ether oxygens (including phenoxy) is 1. The van der Waals surface area contributed by atoms with Crippen LogP contribution in [0.2, 0.25) is 0 Å². The highest BCUT2D eigenvalue weighted by Gasteiger charge is 2.56. The minimum atomic E-state index is -4.58. The van der Waals surface area contributed by atoms with Crippen LogP contribution < -0.4 is 0 Å². The summed E-state index contributed by atoms with van der Waals surface area (Å²) in [6.07, 6.45) is -1.44. The largest absolute Gasteiger partial charge is 0.459 e. The van der Waals surface area contributed by atoms with Crippen molar-refractivity contribution in [1.82, 2.24) is 0 Å². The molecule has 0 aromatic heterocycles. The van der Waals surface area contributed by atoms with Crippen LogP contribution in [0.5, 0.6) is 0 Å². The van der Waals surface area contributed by atoms with Crippen LogP contribution in [-0.4, -0.2) is 33.8 Å². The second kappa shape index (κ2) is 5.63. The minimum absolute atomic E-state index is 0.213. The molecule has 0 N–H and O–H groups in total. The molecular formula is C13H19F3O2S2. The van der Waals surface area contributed by atoms with Gasteiger partial charge in [0.2, 0.25) is 0 Å². The van der Waals surface area contributed by atoms with Crippen LogP contribution in [-0.2, 0) is 9.53 Å². The summed E-state index contributed by atoms with van der Waals surface area (Å²) in [5, 5.41) is 0. The Morgan fingerprint density at radius 3 is 2.35 bits per heavy atom. The summed E-state index contributed by atoms with van der Waals surface area (Å²) in [6.45, 7) is 1.78. The number of hydrogen-bond acceptors (Lipinski definition) is 4. The third-order valence-corrected chi connectivity index (χ3v) is 7.67. The molecule has 7 heteroatoms. The molecule has 2 rings (SSSR count). The molecule has 0 bridgehead atoms. The lowest BCUT2D eigenvalue weighted by molar-refractivity contribution is -0.228. The second-order valence-corrected chi connectivity index (χ2v) is 8.88. The zero-order chi connectivity index (χ0) is 15.0. The number of rotatable bonds is 2. The lowest BCUT2D eigenvalue weighted by Gasteiger charge is -2.40. The van der Waals surface area contributed by atoms with Gasteiger partial charge < -0.3 is 4.74 Å². The van der Waals surface area contributed by atoms with Gasteiger partial charge in [0, 0.05) is 11.5 Å². The first-order valence-electron chi connectivity index (χ1n) is 6.75. The zero-order valence-corrected chi connectivity index (χ0v) is 13.2. The molecule has 0 amide bonds. The summed E-state index contributed by atoms with van der Waals surface area (Å²) in [6, 6.07) is 0. The molecule has 2 aliphatic rings. The van der Waals surface area contributed by atoms with E-state index in [9.17, 15) is 18.0 Å². The van der Waals surface area contributed by atoms with Gasteiger partial charge in [0.1, 0.15) is 6.10 Å². The van der Waals surface area contributed by atoms with E-state index in [2.05, 4.69) is 0 Å². The van der Waals surface area contributed by atoms with Crippen molar-refractivity contribution < 1.29 is 22.7 Å². The van der Waals surface area contributed by atoms with Crippen LogP contribution >= 0.6 is 23.5 Å². The average Bonchev–Trinajstić information content (AvgIpc) is 2.80. The van der Waals surface area contributed by atoms with E-state index < -0.39 is 23.7 Å². The Labute approximate surface area is 125 Å². The highest BCUT2D eigenvalue weighted by molar-refractivity contribution is 8.21. The number of esters is 1. The first kappa shape index (κ1) is 16.3. The van der Waals surface area contributed by atoms with Crippen LogP contribution in [0, 0.1) is 5.41 Å². The van der Waals surface area contributed by atoms with Crippen molar-refractivity contribution in [1.29, 1.82) is 0 Å². The Morgan fingerprint density at radius 2 is 1.80 bits per heavy atom. The number of halogens is 3. The number of thioether (sulfide) groups is 2. The Kier molecular flexibility index (Phi) is 4.60. The summed E-state index contributed by atoms with van der Waals surface area (Å²) < 4.78 is 43.8. The van der Waals surface area contributed by atoms with Crippen LogP contribution in [0.4, 0.5) is 13.2 Å². The van der Waals surface area contributed by atoms with Crippen molar-refractivity contribution in [3.05, 3.63) is 0 Å². The van der Waals surface area contributed by atoms with E-state index >= 15 is 0 Å². The standard InChI is InChI=1S/C13H19F3O2S2/c1-11(2,13(14,15)16)10(17)18-9-5-3-4-6-12(9)19-7-8-20-12/h9H,3-8H2,1-2H3. The third-order valence-electron chi connectivity index (χ3n) is 3.98. The molecule has 1 spiro atoms. The normalized spacial score (nSPS) is 26.8. The van der Waals surface area contributed by atoms with Gasteiger partial charge in [-0.2, -0.15) is 13.2 Å². The Balaban J connectivity index is 2.10. The van der Waals surface area contributed by atoms with E-state index in [1.807, 2.05) is 0 Å². The topological polar surface area (TPSA) is 26.3 Å². The van der Waals surface area contributed by atoms with Crippen LogP contribution in [0.25, 0.3) is 0 Å². The lowest BCUT2D eigenvalue weighted by atomic mass is 9.92. The molecule has 20 heavy (non-hydrogen) atoms. The van der Waals surface area contributed by atoms with Gasteiger partial charge in [0.15, 0.2) is 5.41 Å². The number of alkyl halides is 3. The van der Waals surface area contributed by atoms with Crippen molar-refractivity contribution in [3.63, 3.8) is 0 Å². The van der Waals surface area contributed by atoms with E-state index in [1.54, 1.807) is 23.5 Å². The summed E-state index contributed by atoms with van der Waals surface area (Å²) >= 11 is 3.48. The van der Waals surface area contributed by atoms with Crippen molar-refractivity contribution >= 4 is 29.5 Å². The molecule has 0 aromatic rings. The highest BCUT2D eigenvalue weighted by atomic mass is 32.2. The lowest BCUT2D eigenvalue weighted by Crippen LogP contribution is -2.47. The average molecular weight is 328 g/mol. The van der Waals surface area contributed by atoms with Gasteiger partial charge in [-0.15, -0.1) is 23.5 Å². The van der Waals surface area contributed by atoms with Gasteiger partial charge in [-0.05, 0) is 33.1 Å². The van der Waals surface area contributed by atoms with Crippen LogP contribution in [0.3, 0.4) is 0 Å². The van der Waals surface area contributed by atoms with Gasteiger partial charge in [-0.1, -0.05) is 6.42 Å². The summed E-state index contributed by atoms with van der Waals surface area (Å²) in [4.78, 5) is 12.0. The minimum Gasteiger partial charge on any atom is -0.459 e. The van der Waals surface area contributed by atoms with Crippen molar-refractivity contribution in [3.8, 4) is 0 Å². The summed E-state index contributed by atoms with van der Waals surface area (Å²) in [7, 11) is 0. The maximum absolute atomic E-state index is 12.9. The maximum Gasteiger partial charge on any atom is 0.404 e. The summed E-state index contributed by atoms with van der Waals surface area (Å²) in [5.41, 5.74) is -2.44. The fourth-order valence-corrected chi connectivity index (χ4v) is 5.90. The molecule has 1 atom stereocenters. The molecule has 1 unspecified atom stereocenters. The molecule has 0 aromatic carbocycles. The van der Waals surface area contributed by atoms with Crippen molar-refractivity contribution in [2.45, 2.75) is 55.9 Å². The molecule has 0 radical (unpaired) electrons. The first-order valence-corrected chi connectivity index (χ1v) is 8.72. The van der Waals surface area contributed by atoms with Gasteiger partial charge in [-0.25, -0.2) is 0 Å². The van der Waals surface area contributed by atoms with Gasteiger partial charge in [-0.3, -0.25) is 4.79 Å². The van der Waals surface area contributed by atoms with Gasteiger partial charge in [0.25, 0.3) is 0 Å². The second-order valence-electron chi connectivity index (χ2n) is 5.77. The molecule has 1 aliphatic heterocycles. The maximum atomic E-state index is 12.9. The molecule has 1 heterocycles. The fraction of sp³-hybridized carbons (Fsp3) is 0.923. The summed E-state index contributed by atoms with van der Waals surface area (Å²) in [5.74, 6) is 0.798. The Morgan fingerprint density at radius 1 is 1.20 bits per heavy atom. The molecule has 2 nitrogen and oxygen atoms in total. The van der Waals surface area contributed by atoms with E-state index in [1.165, 1.54) is 0 Å². The third kappa shape index (κ3) is 2.93. The van der Waals surface area contributed by atoms with E-state index in [4.69, 9.17) is 4.74 Å². The first-order chi connectivity index (χ1) is 9.19. The quantitative estimate of drug-likeness (QED) is 0.708. The van der Waals surface area contributed by atoms with E-state index in [0.717, 1.165) is 44.6 Å². The molecule has 1 aliphatic carbocycles. The van der Waals surface area contributed by atoms with E-state index in [0.29, 0.717) is 6.42 Å². The number of carbonyl (C=O) groups is 1. The molecule has 1 saturated carbocycles. The molecule has 2 fully saturated rings. The molecular weight excluding hydrogens is 309 g/mol. The highest BCUT2D eigenvalue weighted by Crippen LogP contribution is 2.54. The Hall–Kier alpha value is -0.0400. The van der Waals surface area contributed by atoms with Gasteiger partial charge >= 0.3 is 12.1 Å². The number of carbonyl (C=O) groups excluding carboxylic acids is 1. The van der Waals surface area contributed by atoms with Gasteiger partial charge in [0.05, 0.1) is 4.08 Å². The van der Waals surface area contributed by atoms with Crippen LogP contribution in [0.15, 0.2) is 0 Å². The molecule has 1 saturated heterocycles. The monoisotopic (exact) mass is 328 g/mol. The zero-order valence-electron chi connectivity index (χ0n) is 11.6. The smallest absolute Gasteiger partial charge is 0.404 e. The van der Waals surface area contributed by atoms with E-state index in [-0.39, 0.29) is 4.08 Å². The predicted octanol–water partition coefficient (Wildman–Crippen LogP) is 4.24. The Bertz CT molecular complexity index is 376. The fourth-order valence-electron chi connectivity index (χ4n) is 2.42. The number of hydrogen-bond donors (Lipinski definition) is 0.